The number of hydrogen-bond acceptors (Lipinski definition) is 2. The van der Waals surface area contributed by atoms with E-state index in [4.69, 9.17) is 4.43 Å². The molecule has 0 fully saturated rings. The summed E-state index contributed by atoms with van der Waals surface area (Å²) in [7, 11) is -1.13. The zero-order valence-electron chi connectivity index (χ0n) is 10.8. The molecule has 0 aliphatic carbocycles. The molecule has 1 N–H and O–H groups in total. The van der Waals surface area contributed by atoms with Crippen molar-refractivity contribution in [2.24, 2.45) is 5.41 Å². The molecular weight excluding hydrogens is 216 g/mol. The van der Waals surface area contributed by atoms with E-state index >= 15 is 0 Å². The van der Waals surface area contributed by atoms with Crippen LogP contribution in [0.3, 0.4) is 0 Å². The normalized spacial score (nSPS) is 14.1. The third-order valence-corrected chi connectivity index (χ3v) is 3.23. The summed E-state index contributed by atoms with van der Waals surface area (Å²) < 4.78 is 6.06. The number of phenols is 1. The van der Waals surface area contributed by atoms with Gasteiger partial charge in [-0.2, -0.15) is 0 Å². The van der Waals surface area contributed by atoms with E-state index in [-0.39, 0.29) is 11.5 Å². The van der Waals surface area contributed by atoms with Gasteiger partial charge in [0.2, 0.25) is 0 Å². The van der Waals surface area contributed by atoms with Gasteiger partial charge in [0.1, 0.15) is 5.75 Å². The Morgan fingerprint density at radius 3 is 2.19 bits per heavy atom. The number of para-hydroxylation sites is 1. The molecule has 0 saturated carbocycles. The van der Waals surface area contributed by atoms with E-state index in [0.29, 0.717) is 5.75 Å². The first-order valence-corrected chi connectivity index (χ1v) is 8.54. The fourth-order valence-corrected chi connectivity index (χ4v) is 2.82. The number of benzene rings is 1. The molecule has 1 aromatic rings. The van der Waals surface area contributed by atoms with E-state index in [1.165, 1.54) is 0 Å². The molecule has 2 nitrogen and oxygen atoms in total. The highest BCUT2D eigenvalue weighted by molar-refractivity contribution is 6.48. The molecule has 16 heavy (non-hydrogen) atoms. The largest absolute Gasteiger partial charge is 0.508 e. The van der Waals surface area contributed by atoms with Crippen LogP contribution in [0.25, 0.3) is 0 Å². The molecule has 1 atom stereocenters. The average Bonchev–Trinajstić information content (AvgIpc) is 2.13. The Hall–Kier alpha value is -0.803. The number of phenolic OH excluding ortho intramolecular Hbond substituents is 1. The highest BCUT2D eigenvalue weighted by Crippen LogP contribution is 2.40. The molecule has 1 rings (SSSR count). The lowest BCUT2D eigenvalue weighted by Crippen LogP contribution is -2.25. The standard InChI is InChI=1S/C13H22O2Si/c1-13(2,3)12(15-16(4)5)10-8-6-7-9-11(10)14/h6-9,12,14,16H,1-5H3. The summed E-state index contributed by atoms with van der Waals surface area (Å²) in [6.45, 7) is 10.7. The van der Waals surface area contributed by atoms with Gasteiger partial charge in [-0.05, 0) is 24.6 Å². The van der Waals surface area contributed by atoms with Crippen LogP contribution < -0.4 is 0 Å². The molecule has 0 amide bonds. The van der Waals surface area contributed by atoms with Crippen molar-refractivity contribution in [3.63, 3.8) is 0 Å². The molecule has 0 heterocycles. The van der Waals surface area contributed by atoms with E-state index in [1.54, 1.807) is 6.07 Å². The molecule has 90 valence electrons. The monoisotopic (exact) mass is 238 g/mol. The zero-order chi connectivity index (χ0) is 12.3. The van der Waals surface area contributed by atoms with Crippen LogP contribution >= 0.6 is 0 Å². The summed E-state index contributed by atoms with van der Waals surface area (Å²) in [5.74, 6) is 0.331. The van der Waals surface area contributed by atoms with Gasteiger partial charge in [-0.3, -0.25) is 0 Å². The average molecular weight is 238 g/mol. The highest BCUT2D eigenvalue weighted by Gasteiger charge is 2.29. The lowest BCUT2D eigenvalue weighted by atomic mass is 9.84. The van der Waals surface area contributed by atoms with Gasteiger partial charge in [0, 0.05) is 5.56 Å². The van der Waals surface area contributed by atoms with Gasteiger partial charge in [0.25, 0.3) is 0 Å². The molecule has 1 unspecified atom stereocenters. The van der Waals surface area contributed by atoms with Gasteiger partial charge < -0.3 is 9.53 Å². The van der Waals surface area contributed by atoms with Crippen molar-refractivity contribution >= 4 is 9.04 Å². The van der Waals surface area contributed by atoms with Gasteiger partial charge in [0.15, 0.2) is 9.04 Å². The van der Waals surface area contributed by atoms with Crippen LogP contribution in [0.4, 0.5) is 0 Å². The summed E-state index contributed by atoms with van der Waals surface area (Å²) in [5, 5.41) is 9.89. The topological polar surface area (TPSA) is 29.5 Å². The van der Waals surface area contributed by atoms with Crippen LogP contribution in [0.15, 0.2) is 24.3 Å². The first-order chi connectivity index (χ1) is 7.32. The van der Waals surface area contributed by atoms with Crippen LogP contribution in [0, 0.1) is 5.41 Å². The maximum atomic E-state index is 9.89. The number of hydrogen-bond donors (Lipinski definition) is 1. The molecule has 0 spiro atoms. The summed E-state index contributed by atoms with van der Waals surface area (Å²) >= 11 is 0. The number of aromatic hydroxyl groups is 1. The lowest BCUT2D eigenvalue weighted by molar-refractivity contribution is 0.0842. The van der Waals surface area contributed by atoms with E-state index in [2.05, 4.69) is 33.9 Å². The maximum absolute atomic E-state index is 9.89. The molecule has 0 saturated heterocycles. The van der Waals surface area contributed by atoms with Gasteiger partial charge in [-0.1, -0.05) is 39.0 Å². The predicted octanol–water partition coefficient (Wildman–Crippen LogP) is 3.48. The van der Waals surface area contributed by atoms with Gasteiger partial charge in [0.05, 0.1) is 6.10 Å². The third-order valence-electron chi connectivity index (χ3n) is 2.41. The molecule has 0 aromatic heterocycles. The summed E-state index contributed by atoms with van der Waals surface area (Å²) in [5.41, 5.74) is 0.895. The van der Waals surface area contributed by atoms with Crippen molar-refractivity contribution in [2.45, 2.75) is 40.0 Å². The Morgan fingerprint density at radius 2 is 1.75 bits per heavy atom. The van der Waals surface area contributed by atoms with Crippen LogP contribution in [0.5, 0.6) is 5.75 Å². The van der Waals surface area contributed by atoms with Crippen molar-refractivity contribution in [1.82, 2.24) is 0 Å². The number of rotatable bonds is 3. The summed E-state index contributed by atoms with van der Waals surface area (Å²) in [6, 6.07) is 7.45. The second kappa shape index (κ2) is 5.02. The molecule has 0 aliphatic heterocycles. The minimum absolute atomic E-state index is 0.00387. The van der Waals surface area contributed by atoms with Crippen LogP contribution in [0.2, 0.25) is 13.1 Å². The van der Waals surface area contributed by atoms with E-state index in [0.717, 1.165) is 5.56 Å². The van der Waals surface area contributed by atoms with E-state index in [1.807, 2.05) is 18.2 Å². The first-order valence-electron chi connectivity index (χ1n) is 5.75. The van der Waals surface area contributed by atoms with Gasteiger partial charge >= 0.3 is 0 Å². The SMILES string of the molecule is C[SiH](C)OC(c1ccccc1O)C(C)(C)C. The van der Waals surface area contributed by atoms with E-state index in [9.17, 15) is 5.11 Å². The van der Waals surface area contributed by atoms with Crippen LogP contribution in [0.1, 0.15) is 32.4 Å². The van der Waals surface area contributed by atoms with Crippen LogP contribution in [-0.2, 0) is 4.43 Å². The van der Waals surface area contributed by atoms with Gasteiger partial charge in [-0.15, -0.1) is 0 Å². The minimum atomic E-state index is -1.13. The molecule has 0 bridgehead atoms. The quantitative estimate of drug-likeness (QED) is 0.817. The van der Waals surface area contributed by atoms with Crippen LogP contribution in [-0.4, -0.2) is 14.1 Å². The van der Waals surface area contributed by atoms with E-state index < -0.39 is 9.04 Å². The van der Waals surface area contributed by atoms with Crippen molar-refractivity contribution < 1.29 is 9.53 Å². The summed E-state index contributed by atoms with van der Waals surface area (Å²) in [4.78, 5) is 0. The predicted molar refractivity (Wildman–Crippen MR) is 70.3 cm³/mol. The van der Waals surface area contributed by atoms with Crippen molar-refractivity contribution in [3.05, 3.63) is 29.8 Å². The zero-order valence-corrected chi connectivity index (χ0v) is 12.0. The Kier molecular flexibility index (Phi) is 4.16. The van der Waals surface area contributed by atoms with Crippen molar-refractivity contribution in [2.75, 3.05) is 0 Å². The lowest BCUT2D eigenvalue weighted by Gasteiger charge is -2.33. The second-order valence-corrected chi connectivity index (χ2v) is 7.86. The molecule has 0 aliphatic rings. The van der Waals surface area contributed by atoms with Crippen molar-refractivity contribution in [3.8, 4) is 5.75 Å². The highest BCUT2D eigenvalue weighted by atomic mass is 28.3. The Bertz CT molecular complexity index is 342. The minimum Gasteiger partial charge on any atom is -0.508 e. The molecular formula is C13H22O2Si. The molecule has 3 heteroatoms. The molecule has 0 radical (unpaired) electrons. The first kappa shape index (κ1) is 13.3. The third kappa shape index (κ3) is 3.35. The maximum Gasteiger partial charge on any atom is 0.171 e. The Balaban J connectivity index is 3.07. The fraction of sp³-hybridized carbons (Fsp3) is 0.538. The Labute approximate surface area is 100.0 Å². The fourth-order valence-electron chi connectivity index (χ4n) is 1.73. The Morgan fingerprint density at radius 1 is 1.19 bits per heavy atom. The summed E-state index contributed by atoms with van der Waals surface area (Å²) in [6.07, 6.45) is -0.0274. The molecule has 1 aromatic carbocycles. The second-order valence-electron chi connectivity index (χ2n) is 5.49. The smallest absolute Gasteiger partial charge is 0.171 e. The van der Waals surface area contributed by atoms with Gasteiger partial charge in [-0.25, -0.2) is 0 Å². The van der Waals surface area contributed by atoms with Crippen molar-refractivity contribution in [1.29, 1.82) is 0 Å².